The summed E-state index contributed by atoms with van der Waals surface area (Å²) in [5.41, 5.74) is 1.76. The number of aliphatic hydroxyl groups is 1. The van der Waals surface area contributed by atoms with E-state index in [2.05, 4.69) is 40.1 Å². The number of ether oxygens (including phenoxy) is 1. The van der Waals surface area contributed by atoms with E-state index in [1.54, 1.807) is 0 Å². The molecule has 4 nitrogen and oxygen atoms in total. The first kappa shape index (κ1) is 19.2. The second-order valence-corrected chi connectivity index (χ2v) is 9.09. The topological polar surface area (TPSA) is 35.9 Å². The summed E-state index contributed by atoms with van der Waals surface area (Å²) in [4.78, 5) is 5.04. The lowest BCUT2D eigenvalue weighted by Gasteiger charge is -2.42. The van der Waals surface area contributed by atoms with Crippen LogP contribution in [0.1, 0.15) is 51.4 Å². The number of anilines is 1. The van der Waals surface area contributed by atoms with Gasteiger partial charge in [-0.15, -0.1) is 0 Å². The SMILES string of the molecule is OC(COC1CCCCC1)CN1CCC2(CCCN(c3ccccc3)C2)C1. The lowest BCUT2D eigenvalue weighted by atomic mass is 9.79. The quantitative estimate of drug-likeness (QED) is 0.826. The molecule has 2 heterocycles. The molecule has 3 fully saturated rings. The lowest BCUT2D eigenvalue weighted by Crippen LogP contribution is -2.45. The summed E-state index contributed by atoms with van der Waals surface area (Å²) in [5, 5.41) is 10.5. The molecule has 2 unspecified atom stereocenters. The molecule has 1 aliphatic carbocycles. The number of β-amino-alcohol motifs (C(OH)–C–C–N with tert-alkyl or cyclic N) is 1. The number of nitrogens with zero attached hydrogens (tertiary/aromatic N) is 2. The molecule has 1 N–H and O–H groups in total. The molecular weight excluding hydrogens is 336 g/mol. The summed E-state index contributed by atoms with van der Waals surface area (Å²) in [6, 6.07) is 10.8. The van der Waals surface area contributed by atoms with Crippen molar-refractivity contribution in [2.75, 3.05) is 44.2 Å². The third-order valence-electron chi connectivity index (χ3n) is 6.85. The van der Waals surface area contributed by atoms with Gasteiger partial charge in [-0.2, -0.15) is 0 Å². The van der Waals surface area contributed by atoms with Crippen molar-refractivity contribution < 1.29 is 9.84 Å². The van der Waals surface area contributed by atoms with E-state index >= 15 is 0 Å². The van der Waals surface area contributed by atoms with Gasteiger partial charge in [-0.3, -0.25) is 0 Å². The van der Waals surface area contributed by atoms with Crippen molar-refractivity contribution in [2.24, 2.45) is 5.41 Å². The molecule has 2 atom stereocenters. The first-order valence-corrected chi connectivity index (χ1v) is 11.0. The van der Waals surface area contributed by atoms with E-state index in [1.807, 2.05) is 0 Å². The monoisotopic (exact) mass is 372 g/mol. The fourth-order valence-corrected chi connectivity index (χ4v) is 5.41. The second kappa shape index (κ2) is 8.93. The number of para-hydroxylation sites is 1. The Labute approximate surface area is 164 Å². The minimum Gasteiger partial charge on any atom is -0.389 e. The average molecular weight is 373 g/mol. The van der Waals surface area contributed by atoms with E-state index in [-0.39, 0.29) is 6.10 Å². The summed E-state index contributed by atoms with van der Waals surface area (Å²) in [7, 11) is 0. The highest BCUT2D eigenvalue weighted by Crippen LogP contribution is 2.40. The van der Waals surface area contributed by atoms with Crippen LogP contribution < -0.4 is 4.90 Å². The highest BCUT2D eigenvalue weighted by Gasteiger charge is 2.41. The van der Waals surface area contributed by atoms with Crippen LogP contribution in [-0.4, -0.2) is 61.5 Å². The Hall–Kier alpha value is -1.10. The van der Waals surface area contributed by atoms with Gasteiger partial charge < -0.3 is 19.6 Å². The van der Waals surface area contributed by atoms with Gasteiger partial charge in [0.05, 0.1) is 18.8 Å². The minimum absolute atomic E-state index is 0.351. The fraction of sp³-hybridized carbons (Fsp3) is 0.739. The van der Waals surface area contributed by atoms with Crippen molar-refractivity contribution in [3.8, 4) is 0 Å². The van der Waals surface area contributed by atoms with Gasteiger partial charge in [-0.1, -0.05) is 37.5 Å². The molecule has 4 heteroatoms. The maximum Gasteiger partial charge on any atom is 0.0900 e. The largest absolute Gasteiger partial charge is 0.389 e. The normalized spacial score (nSPS) is 28.7. The Morgan fingerprint density at radius 1 is 1.00 bits per heavy atom. The van der Waals surface area contributed by atoms with Crippen LogP contribution in [0.25, 0.3) is 0 Å². The molecule has 0 aromatic heterocycles. The van der Waals surface area contributed by atoms with Crippen molar-refractivity contribution >= 4 is 5.69 Å². The summed E-state index contributed by atoms with van der Waals surface area (Å²) >= 11 is 0. The van der Waals surface area contributed by atoms with Crippen molar-refractivity contribution in [2.45, 2.75) is 63.6 Å². The second-order valence-electron chi connectivity index (χ2n) is 9.09. The van der Waals surface area contributed by atoms with Crippen molar-refractivity contribution in [1.29, 1.82) is 0 Å². The van der Waals surface area contributed by atoms with Gasteiger partial charge >= 0.3 is 0 Å². The van der Waals surface area contributed by atoms with Crippen LogP contribution in [-0.2, 0) is 4.74 Å². The van der Waals surface area contributed by atoms with E-state index < -0.39 is 0 Å². The number of rotatable bonds is 6. The van der Waals surface area contributed by atoms with Crippen LogP contribution in [0.15, 0.2) is 30.3 Å². The Kier molecular flexibility index (Phi) is 6.36. The van der Waals surface area contributed by atoms with Crippen LogP contribution in [0.4, 0.5) is 5.69 Å². The molecule has 0 radical (unpaired) electrons. The number of benzene rings is 1. The average Bonchev–Trinajstić information content (AvgIpc) is 3.09. The van der Waals surface area contributed by atoms with Gasteiger partial charge in [0.1, 0.15) is 0 Å². The standard InChI is InChI=1S/C23H36N2O2/c26-21(17-27-22-10-5-2-6-11-22)16-24-15-13-23(18-24)12-7-14-25(19-23)20-8-3-1-4-9-20/h1,3-4,8-9,21-22,26H,2,5-7,10-19H2. The van der Waals surface area contributed by atoms with E-state index in [9.17, 15) is 5.11 Å². The summed E-state index contributed by atoms with van der Waals surface area (Å²) in [6.45, 7) is 5.83. The molecule has 4 rings (SSSR count). The van der Waals surface area contributed by atoms with Crippen molar-refractivity contribution in [3.63, 3.8) is 0 Å². The van der Waals surface area contributed by atoms with Gasteiger partial charge in [0.25, 0.3) is 0 Å². The van der Waals surface area contributed by atoms with Crippen LogP contribution in [0.2, 0.25) is 0 Å². The summed E-state index contributed by atoms with van der Waals surface area (Å²) in [6.07, 6.45) is 10.2. The number of likely N-dealkylation sites (tertiary alicyclic amines) is 1. The van der Waals surface area contributed by atoms with Crippen LogP contribution in [0.3, 0.4) is 0 Å². The lowest BCUT2D eigenvalue weighted by molar-refractivity contribution is -0.0323. The van der Waals surface area contributed by atoms with Crippen LogP contribution in [0, 0.1) is 5.41 Å². The molecule has 2 aliphatic heterocycles. The molecule has 1 spiro atoms. The molecular formula is C23H36N2O2. The maximum atomic E-state index is 10.5. The van der Waals surface area contributed by atoms with E-state index in [0.29, 0.717) is 18.1 Å². The molecule has 27 heavy (non-hydrogen) atoms. The van der Waals surface area contributed by atoms with Crippen molar-refractivity contribution in [1.82, 2.24) is 4.90 Å². The predicted octanol–water partition coefficient (Wildman–Crippen LogP) is 3.69. The minimum atomic E-state index is -0.351. The first-order valence-electron chi connectivity index (χ1n) is 11.0. The zero-order valence-electron chi connectivity index (χ0n) is 16.7. The molecule has 0 bridgehead atoms. The number of hydrogen-bond donors (Lipinski definition) is 1. The van der Waals surface area contributed by atoms with Gasteiger partial charge in [0.15, 0.2) is 0 Å². The molecule has 0 amide bonds. The first-order chi connectivity index (χ1) is 13.2. The van der Waals surface area contributed by atoms with Crippen LogP contribution >= 0.6 is 0 Å². The zero-order valence-corrected chi connectivity index (χ0v) is 16.7. The highest BCUT2D eigenvalue weighted by atomic mass is 16.5. The fourth-order valence-electron chi connectivity index (χ4n) is 5.41. The van der Waals surface area contributed by atoms with E-state index in [1.165, 1.54) is 63.6 Å². The van der Waals surface area contributed by atoms with Gasteiger partial charge in [0, 0.05) is 37.3 Å². The maximum absolute atomic E-state index is 10.5. The molecule has 1 aromatic carbocycles. The Bertz CT molecular complexity index is 575. The third-order valence-corrected chi connectivity index (χ3v) is 6.85. The van der Waals surface area contributed by atoms with Gasteiger partial charge in [-0.05, 0) is 50.8 Å². The molecule has 150 valence electrons. The van der Waals surface area contributed by atoms with E-state index in [4.69, 9.17) is 4.74 Å². The van der Waals surface area contributed by atoms with E-state index in [0.717, 1.165) is 26.2 Å². The van der Waals surface area contributed by atoms with Crippen molar-refractivity contribution in [3.05, 3.63) is 30.3 Å². The van der Waals surface area contributed by atoms with Gasteiger partial charge in [0.2, 0.25) is 0 Å². The number of hydrogen-bond acceptors (Lipinski definition) is 4. The third kappa shape index (κ3) is 5.04. The highest BCUT2D eigenvalue weighted by molar-refractivity contribution is 5.46. The molecule has 1 aromatic rings. The number of aliphatic hydroxyl groups excluding tert-OH is 1. The molecule has 2 saturated heterocycles. The Morgan fingerprint density at radius 3 is 2.63 bits per heavy atom. The zero-order chi connectivity index (χ0) is 18.5. The molecule has 3 aliphatic rings. The molecule has 1 saturated carbocycles. The van der Waals surface area contributed by atoms with Crippen LogP contribution in [0.5, 0.6) is 0 Å². The Morgan fingerprint density at radius 2 is 1.81 bits per heavy atom. The smallest absolute Gasteiger partial charge is 0.0900 e. The Balaban J connectivity index is 1.25. The van der Waals surface area contributed by atoms with Gasteiger partial charge in [-0.25, -0.2) is 0 Å². The summed E-state index contributed by atoms with van der Waals surface area (Å²) in [5.74, 6) is 0. The number of piperidine rings is 1. The summed E-state index contributed by atoms with van der Waals surface area (Å²) < 4.78 is 5.98. The predicted molar refractivity (Wildman–Crippen MR) is 110 cm³/mol.